The Kier molecular flexibility index (Phi) is 5.55. The summed E-state index contributed by atoms with van der Waals surface area (Å²) in [6, 6.07) is 9.48. The Labute approximate surface area is 114 Å². The number of ether oxygens (including phenoxy) is 1. The third-order valence-corrected chi connectivity index (χ3v) is 2.66. The molecule has 0 bridgehead atoms. The van der Waals surface area contributed by atoms with Gasteiger partial charge in [0.1, 0.15) is 5.92 Å². The Morgan fingerprint density at radius 1 is 1.16 bits per heavy atom. The first-order chi connectivity index (χ1) is 8.91. The Bertz CT molecular complexity index is 426. The second-order valence-electron chi connectivity index (χ2n) is 4.96. The summed E-state index contributed by atoms with van der Waals surface area (Å²) < 4.78 is 5.17. The van der Waals surface area contributed by atoms with Gasteiger partial charge in [-0.3, -0.25) is 9.59 Å². The Hall–Kier alpha value is -1.84. The maximum atomic E-state index is 12.1. The van der Waals surface area contributed by atoms with Gasteiger partial charge in [-0.1, -0.05) is 30.3 Å². The first kappa shape index (κ1) is 15.2. The van der Waals surface area contributed by atoms with Crippen molar-refractivity contribution in [3.63, 3.8) is 0 Å². The van der Waals surface area contributed by atoms with E-state index in [1.54, 1.807) is 27.9 Å². The van der Waals surface area contributed by atoms with Crippen molar-refractivity contribution in [2.75, 3.05) is 14.1 Å². The highest BCUT2D eigenvalue weighted by molar-refractivity contribution is 5.97. The number of benzene rings is 1. The van der Waals surface area contributed by atoms with Crippen LogP contribution in [0.5, 0.6) is 0 Å². The molecule has 0 aromatic heterocycles. The quantitative estimate of drug-likeness (QED) is 0.602. The van der Waals surface area contributed by atoms with Gasteiger partial charge in [0.05, 0.1) is 6.10 Å². The summed E-state index contributed by atoms with van der Waals surface area (Å²) in [4.78, 5) is 25.6. The summed E-state index contributed by atoms with van der Waals surface area (Å²) in [6.45, 7) is 3.55. The molecule has 1 rings (SSSR count). The highest BCUT2D eigenvalue weighted by Gasteiger charge is 2.30. The van der Waals surface area contributed by atoms with E-state index in [0.717, 1.165) is 5.56 Å². The van der Waals surface area contributed by atoms with Gasteiger partial charge in [0.25, 0.3) is 0 Å². The maximum absolute atomic E-state index is 12.1. The van der Waals surface area contributed by atoms with Gasteiger partial charge >= 0.3 is 5.97 Å². The molecule has 104 valence electrons. The zero-order valence-electron chi connectivity index (χ0n) is 11.9. The molecule has 4 nitrogen and oxygen atoms in total. The molecule has 1 unspecified atom stereocenters. The Morgan fingerprint density at radius 3 is 2.21 bits per heavy atom. The molecule has 1 aromatic carbocycles. The fourth-order valence-electron chi connectivity index (χ4n) is 1.75. The van der Waals surface area contributed by atoms with E-state index in [-0.39, 0.29) is 12.0 Å². The van der Waals surface area contributed by atoms with Crippen LogP contribution >= 0.6 is 0 Å². The van der Waals surface area contributed by atoms with E-state index in [9.17, 15) is 9.59 Å². The molecule has 0 radical (unpaired) electrons. The van der Waals surface area contributed by atoms with Crippen LogP contribution in [0, 0.1) is 5.92 Å². The second kappa shape index (κ2) is 6.92. The van der Waals surface area contributed by atoms with Crippen LogP contribution in [0.2, 0.25) is 0 Å². The van der Waals surface area contributed by atoms with Crippen LogP contribution in [0.15, 0.2) is 30.3 Å². The summed E-state index contributed by atoms with van der Waals surface area (Å²) in [5.41, 5.74) is 0.948. The lowest BCUT2D eigenvalue weighted by Gasteiger charge is -2.20. The average Bonchev–Trinajstić information content (AvgIpc) is 2.35. The van der Waals surface area contributed by atoms with E-state index < -0.39 is 11.9 Å². The van der Waals surface area contributed by atoms with Gasteiger partial charge in [-0.25, -0.2) is 0 Å². The van der Waals surface area contributed by atoms with Gasteiger partial charge in [-0.15, -0.1) is 0 Å². The van der Waals surface area contributed by atoms with Gasteiger partial charge < -0.3 is 9.64 Å². The van der Waals surface area contributed by atoms with Crippen LogP contribution in [0.3, 0.4) is 0 Å². The summed E-state index contributed by atoms with van der Waals surface area (Å²) in [7, 11) is 3.28. The number of hydrogen-bond donors (Lipinski definition) is 0. The number of nitrogens with zero attached hydrogens (tertiary/aromatic N) is 1. The highest BCUT2D eigenvalue weighted by atomic mass is 16.5. The van der Waals surface area contributed by atoms with Gasteiger partial charge in [-0.2, -0.15) is 0 Å². The number of rotatable bonds is 5. The van der Waals surface area contributed by atoms with Crippen molar-refractivity contribution in [2.45, 2.75) is 26.4 Å². The van der Waals surface area contributed by atoms with Crippen molar-refractivity contribution in [1.29, 1.82) is 0 Å². The molecular weight excluding hydrogens is 242 g/mol. The number of esters is 1. The third-order valence-electron chi connectivity index (χ3n) is 2.66. The van der Waals surface area contributed by atoms with E-state index in [1.165, 1.54) is 4.90 Å². The van der Waals surface area contributed by atoms with Crippen molar-refractivity contribution >= 4 is 11.9 Å². The van der Waals surface area contributed by atoms with E-state index >= 15 is 0 Å². The number of amides is 1. The van der Waals surface area contributed by atoms with Crippen molar-refractivity contribution in [2.24, 2.45) is 5.92 Å². The van der Waals surface area contributed by atoms with Crippen molar-refractivity contribution in [3.8, 4) is 0 Å². The lowest BCUT2D eigenvalue weighted by molar-refractivity contribution is -0.158. The van der Waals surface area contributed by atoms with Crippen molar-refractivity contribution in [3.05, 3.63) is 35.9 Å². The average molecular weight is 263 g/mol. The molecule has 0 heterocycles. The normalized spacial score (nSPS) is 12.1. The van der Waals surface area contributed by atoms with E-state index in [0.29, 0.717) is 6.42 Å². The standard InChI is InChI=1S/C15H21NO3/c1-11(2)19-15(18)13(14(17)16(3)4)10-12-8-6-5-7-9-12/h5-9,11,13H,10H2,1-4H3. The molecule has 1 atom stereocenters. The molecular formula is C15H21NO3. The molecule has 0 saturated heterocycles. The fraction of sp³-hybridized carbons (Fsp3) is 0.467. The minimum absolute atomic E-state index is 0.222. The van der Waals surface area contributed by atoms with E-state index in [1.807, 2.05) is 30.3 Å². The summed E-state index contributed by atoms with van der Waals surface area (Å²) in [5.74, 6) is -1.47. The SMILES string of the molecule is CC(C)OC(=O)C(Cc1ccccc1)C(=O)N(C)C. The van der Waals surface area contributed by atoms with E-state index in [2.05, 4.69) is 0 Å². The van der Waals surface area contributed by atoms with Crippen molar-refractivity contribution in [1.82, 2.24) is 4.90 Å². The monoisotopic (exact) mass is 263 g/mol. The van der Waals surface area contributed by atoms with Gasteiger partial charge in [0.2, 0.25) is 5.91 Å². The van der Waals surface area contributed by atoms with Crippen LogP contribution < -0.4 is 0 Å². The molecule has 0 aliphatic heterocycles. The molecule has 0 aliphatic carbocycles. The Morgan fingerprint density at radius 2 is 1.74 bits per heavy atom. The van der Waals surface area contributed by atoms with Crippen LogP contribution in [0.4, 0.5) is 0 Å². The first-order valence-corrected chi connectivity index (χ1v) is 6.37. The number of hydrogen-bond acceptors (Lipinski definition) is 3. The van der Waals surface area contributed by atoms with Crippen LogP contribution in [0.25, 0.3) is 0 Å². The number of carbonyl (C=O) groups excluding carboxylic acids is 2. The summed E-state index contributed by atoms with van der Waals surface area (Å²) in [6.07, 6.45) is 0.143. The van der Waals surface area contributed by atoms with Crippen LogP contribution in [-0.2, 0) is 20.7 Å². The summed E-state index contributed by atoms with van der Waals surface area (Å²) in [5, 5.41) is 0. The number of carbonyl (C=O) groups is 2. The van der Waals surface area contributed by atoms with Crippen LogP contribution in [0.1, 0.15) is 19.4 Å². The first-order valence-electron chi connectivity index (χ1n) is 6.37. The van der Waals surface area contributed by atoms with Gasteiger partial charge in [0.15, 0.2) is 0 Å². The second-order valence-corrected chi connectivity index (χ2v) is 4.96. The molecule has 0 spiro atoms. The van der Waals surface area contributed by atoms with Gasteiger partial charge in [0, 0.05) is 14.1 Å². The minimum Gasteiger partial charge on any atom is -0.462 e. The Balaban J connectivity index is 2.87. The zero-order valence-corrected chi connectivity index (χ0v) is 11.9. The fourth-order valence-corrected chi connectivity index (χ4v) is 1.75. The van der Waals surface area contributed by atoms with Gasteiger partial charge in [-0.05, 0) is 25.8 Å². The molecule has 1 amide bonds. The molecule has 0 saturated carbocycles. The van der Waals surface area contributed by atoms with Crippen molar-refractivity contribution < 1.29 is 14.3 Å². The zero-order chi connectivity index (χ0) is 14.4. The van der Waals surface area contributed by atoms with Crippen LogP contribution in [-0.4, -0.2) is 37.0 Å². The lowest BCUT2D eigenvalue weighted by Crippen LogP contribution is -2.37. The minimum atomic E-state index is -0.778. The third kappa shape index (κ3) is 4.73. The smallest absolute Gasteiger partial charge is 0.319 e. The predicted molar refractivity (Wildman–Crippen MR) is 73.6 cm³/mol. The molecule has 0 N–H and O–H groups in total. The lowest BCUT2D eigenvalue weighted by atomic mass is 9.98. The summed E-state index contributed by atoms with van der Waals surface area (Å²) >= 11 is 0. The molecule has 0 fully saturated rings. The molecule has 1 aromatic rings. The molecule has 19 heavy (non-hydrogen) atoms. The molecule has 4 heteroatoms. The molecule has 0 aliphatic rings. The topological polar surface area (TPSA) is 46.6 Å². The predicted octanol–water partition coefficient (Wildman–Crippen LogP) is 1.89. The maximum Gasteiger partial charge on any atom is 0.319 e. The largest absolute Gasteiger partial charge is 0.462 e. The highest BCUT2D eigenvalue weighted by Crippen LogP contribution is 2.14. The van der Waals surface area contributed by atoms with E-state index in [4.69, 9.17) is 4.74 Å².